The van der Waals surface area contributed by atoms with Crippen molar-refractivity contribution in [2.24, 2.45) is 7.05 Å². The molecule has 0 aliphatic carbocycles. The Hall–Kier alpha value is -2.86. The molecular formula is C22H23ClN4O2. The molecule has 2 aromatic heterocycles. The number of carbonyl (C=O) groups is 1. The van der Waals surface area contributed by atoms with Gasteiger partial charge in [-0.2, -0.15) is 5.10 Å². The van der Waals surface area contributed by atoms with E-state index in [4.69, 9.17) is 21.3 Å². The van der Waals surface area contributed by atoms with E-state index < -0.39 is 5.41 Å². The second-order valence-electron chi connectivity index (χ2n) is 7.49. The summed E-state index contributed by atoms with van der Waals surface area (Å²) in [6, 6.07) is 7.74. The quantitative estimate of drug-likeness (QED) is 0.648. The first kappa shape index (κ1) is 19.5. The highest BCUT2D eigenvalue weighted by molar-refractivity contribution is 6.35. The molecule has 1 aliphatic rings. The summed E-state index contributed by atoms with van der Waals surface area (Å²) in [7, 11) is 1.88. The normalized spacial score (nSPS) is 19.7. The molecule has 1 atom stereocenters. The molecular weight excluding hydrogens is 388 g/mol. The summed E-state index contributed by atoms with van der Waals surface area (Å²) in [5.41, 5.74) is 2.61. The Labute approximate surface area is 174 Å². The molecule has 3 aromatic rings. The standard InChI is InChI=1S/C22H23ClN4O2/c1-4-10-29-20-16(22(2)8-5-9-24-21(22)28)6-7-18(26-20)14-11-17(23)15-13-25-27(3)19(15)12-14/h4,6-7,10-13H,5,8-9H2,1-3H3,(H,24,28). The molecule has 1 aromatic carbocycles. The Balaban J connectivity index is 1.84. The van der Waals surface area contributed by atoms with Gasteiger partial charge in [0.1, 0.15) is 0 Å². The zero-order chi connectivity index (χ0) is 20.6. The van der Waals surface area contributed by atoms with Crippen LogP contribution in [0.5, 0.6) is 5.88 Å². The molecule has 0 bridgehead atoms. The average molecular weight is 411 g/mol. The van der Waals surface area contributed by atoms with E-state index >= 15 is 0 Å². The van der Waals surface area contributed by atoms with Crippen molar-refractivity contribution < 1.29 is 9.53 Å². The van der Waals surface area contributed by atoms with Gasteiger partial charge in [0.25, 0.3) is 0 Å². The van der Waals surface area contributed by atoms with Gasteiger partial charge in [0, 0.05) is 30.1 Å². The zero-order valence-electron chi connectivity index (χ0n) is 16.7. The van der Waals surface area contributed by atoms with Crippen molar-refractivity contribution in [3.8, 4) is 17.1 Å². The van der Waals surface area contributed by atoms with E-state index in [1.165, 1.54) is 0 Å². The zero-order valence-corrected chi connectivity index (χ0v) is 17.5. The summed E-state index contributed by atoms with van der Waals surface area (Å²) in [6.07, 6.45) is 6.79. The first-order valence-corrected chi connectivity index (χ1v) is 10.0. The maximum Gasteiger partial charge on any atom is 0.230 e. The number of piperidine rings is 1. The van der Waals surface area contributed by atoms with Gasteiger partial charge in [-0.15, -0.1) is 0 Å². The van der Waals surface area contributed by atoms with Crippen LogP contribution < -0.4 is 10.1 Å². The minimum Gasteiger partial charge on any atom is -0.447 e. The van der Waals surface area contributed by atoms with Crippen LogP contribution in [0.15, 0.2) is 42.8 Å². The smallest absolute Gasteiger partial charge is 0.230 e. The number of aromatic nitrogens is 3. The highest BCUT2D eigenvalue weighted by Crippen LogP contribution is 2.39. The van der Waals surface area contributed by atoms with E-state index in [0.717, 1.165) is 40.6 Å². The van der Waals surface area contributed by atoms with Gasteiger partial charge in [-0.25, -0.2) is 4.98 Å². The van der Waals surface area contributed by atoms with Crippen molar-refractivity contribution >= 4 is 28.4 Å². The van der Waals surface area contributed by atoms with E-state index in [-0.39, 0.29) is 5.91 Å². The SMILES string of the molecule is CC=COc1nc(-c2cc(Cl)c3cnn(C)c3c2)ccc1C1(C)CCCNC1=O. The lowest BCUT2D eigenvalue weighted by Crippen LogP contribution is -2.47. The highest BCUT2D eigenvalue weighted by Gasteiger charge is 2.40. The van der Waals surface area contributed by atoms with Crippen molar-refractivity contribution in [1.82, 2.24) is 20.1 Å². The summed E-state index contributed by atoms with van der Waals surface area (Å²) in [5.74, 6) is 0.435. The summed E-state index contributed by atoms with van der Waals surface area (Å²) in [5, 5.41) is 8.75. The number of nitrogens with one attached hydrogen (secondary N) is 1. The Bertz CT molecular complexity index is 1120. The fourth-order valence-electron chi connectivity index (χ4n) is 3.81. The van der Waals surface area contributed by atoms with Crippen LogP contribution >= 0.6 is 11.6 Å². The van der Waals surface area contributed by atoms with Crippen molar-refractivity contribution in [3.63, 3.8) is 0 Å². The predicted molar refractivity (Wildman–Crippen MR) is 114 cm³/mol. The molecule has 1 fully saturated rings. The number of amides is 1. The Morgan fingerprint density at radius 3 is 2.93 bits per heavy atom. The number of hydrogen-bond donors (Lipinski definition) is 1. The number of ether oxygens (including phenoxy) is 1. The monoisotopic (exact) mass is 410 g/mol. The number of hydrogen-bond acceptors (Lipinski definition) is 4. The summed E-state index contributed by atoms with van der Waals surface area (Å²) < 4.78 is 7.60. The lowest BCUT2D eigenvalue weighted by molar-refractivity contribution is -0.128. The number of pyridine rings is 1. The number of fused-ring (bicyclic) bond motifs is 1. The van der Waals surface area contributed by atoms with Crippen LogP contribution in [0.1, 0.15) is 32.3 Å². The van der Waals surface area contributed by atoms with E-state index in [2.05, 4.69) is 10.4 Å². The highest BCUT2D eigenvalue weighted by atomic mass is 35.5. The fraction of sp³-hybridized carbons (Fsp3) is 0.318. The lowest BCUT2D eigenvalue weighted by Gasteiger charge is -2.33. The fourth-order valence-corrected chi connectivity index (χ4v) is 4.07. The maximum atomic E-state index is 12.7. The molecule has 7 heteroatoms. The number of nitrogens with zero attached hydrogens (tertiary/aromatic N) is 3. The predicted octanol–water partition coefficient (Wildman–Crippen LogP) is 4.37. The van der Waals surface area contributed by atoms with E-state index in [1.54, 1.807) is 23.2 Å². The van der Waals surface area contributed by atoms with Gasteiger partial charge in [-0.05, 0) is 44.9 Å². The van der Waals surface area contributed by atoms with Gasteiger partial charge >= 0.3 is 0 Å². The first-order valence-electron chi connectivity index (χ1n) is 9.63. The molecule has 0 spiro atoms. The number of benzene rings is 1. The molecule has 0 radical (unpaired) electrons. The van der Waals surface area contributed by atoms with Gasteiger partial charge in [-0.3, -0.25) is 9.48 Å². The molecule has 1 N–H and O–H groups in total. The van der Waals surface area contributed by atoms with Crippen LogP contribution in [0.4, 0.5) is 0 Å². The summed E-state index contributed by atoms with van der Waals surface area (Å²) in [6.45, 7) is 4.52. The van der Waals surface area contributed by atoms with Crippen LogP contribution in [0.25, 0.3) is 22.2 Å². The molecule has 3 heterocycles. The number of halogens is 1. The van der Waals surface area contributed by atoms with Crippen molar-refractivity contribution in [2.45, 2.75) is 32.1 Å². The number of aryl methyl sites for hydroxylation is 1. The van der Waals surface area contributed by atoms with Crippen LogP contribution in [-0.2, 0) is 17.3 Å². The van der Waals surface area contributed by atoms with Crippen molar-refractivity contribution in [1.29, 1.82) is 0 Å². The average Bonchev–Trinajstić information content (AvgIpc) is 3.10. The minimum absolute atomic E-state index is 0.00276. The van der Waals surface area contributed by atoms with Gasteiger partial charge in [0.2, 0.25) is 11.8 Å². The van der Waals surface area contributed by atoms with Crippen LogP contribution in [-0.4, -0.2) is 27.2 Å². The summed E-state index contributed by atoms with van der Waals surface area (Å²) in [4.78, 5) is 17.4. The molecule has 4 rings (SSSR count). The van der Waals surface area contributed by atoms with E-state index in [9.17, 15) is 4.79 Å². The Morgan fingerprint density at radius 1 is 1.34 bits per heavy atom. The molecule has 150 valence electrons. The largest absolute Gasteiger partial charge is 0.447 e. The van der Waals surface area contributed by atoms with E-state index in [0.29, 0.717) is 17.4 Å². The van der Waals surface area contributed by atoms with Crippen LogP contribution in [0.3, 0.4) is 0 Å². The van der Waals surface area contributed by atoms with Gasteiger partial charge < -0.3 is 10.1 Å². The molecule has 6 nitrogen and oxygen atoms in total. The van der Waals surface area contributed by atoms with Gasteiger partial charge in [-0.1, -0.05) is 23.7 Å². The lowest BCUT2D eigenvalue weighted by atomic mass is 9.76. The van der Waals surface area contributed by atoms with Crippen molar-refractivity contribution in [3.05, 3.63) is 53.4 Å². The third-order valence-corrected chi connectivity index (χ3v) is 5.84. The van der Waals surface area contributed by atoms with Gasteiger partial charge in [0.15, 0.2) is 0 Å². The Morgan fingerprint density at radius 2 is 2.17 bits per heavy atom. The molecule has 1 amide bonds. The molecule has 1 aliphatic heterocycles. The first-order chi connectivity index (χ1) is 13.9. The van der Waals surface area contributed by atoms with E-state index in [1.807, 2.05) is 45.2 Å². The van der Waals surface area contributed by atoms with Gasteiger partial charge in [0.05, 0.1) is 34.1 Å². The minimum atomic E-state index is -0.676. The number of rotatable bonds is 4. The van der Waals surface area contributed by atoms with Crippen LogP contribution in [0, 0.1) is 0 Å². The summed E-state index contributed by atoms with van der Waals surface area (Å²) >= 11 is 6.47. The molecule has 1 saturated heterocycles. The number of allylic oxidation sites excluding steroid dienone is 1. The maximum absolute atomic E-state index is 12.7. The second-order valence-corrected chi connectivity index (χ2v) is 7.89. The second kappa shape index (κ2) is 7.52. The number of carbonyl (C=O) groups excluding carboxylic acids is 1. The Kier molecular flexibility index (Phi) is 5.04. The molecule has 29 heavy (non-hydrogen) atoms. The topological polar surface area (TPSA) is 69.0 Å². The third-order valence-electron chi connectivity index (χ3n) is 5.52. The molecule has 1 unspecified atom stereocenters. The van der Waals surface area contributed by atoms with Crippen molar-refractivity contribution in [2.75, 3.05) is 6.54 Å². The third kappa shape index (κ3) is 3.38. The van der Waals surface area contributed by atoms with Crippen LogP contribution in [0.2, 0.25) is 5.02 Å². The molecule has 0 saturated carbocycles.